The van der Waals surface area contributed by atoms with Crippen molar-refractivity contribution in [1.29, 1.82) is 0 Å². The van der Waals surface area contributed by atoms with E-state index in [1.54, 1.807) is 19.1 Å². The summed E-state index contributed by atoms with van der Waals surface area (Å²) in [7, 11) is 0. The molecule has 28 heavy (non-hydrogen) atoms. The molecule has 0 unspecified atom stereocenters. The number of hydrogen-bond acceptors (Lipinski definition) is 7. The fourth-order valence-corrected chi connectivity index (χ4v) is 3.65. The summed E-state index contributed by atoms with van der Waals surface area (Å²) in [5, 5.41) is 10.6. The molecule has 0 spiro atoms. The summed E-state index contributed by atoms with van der Waals surface area (Å²) in [5.41, 5.74) is 0.589. The molecule has 0 aliphatic heterocycles. The van der Waals surface area contributed by atoms with Crippen molar-refractivity contribution in [3.8, 4) is 0 Å². The van der Waals surface area contributed by atoms with Crippen molar-refractivity contribution in [3.05, 3.63) is 63.9 Å². The van der Waals surface area contributed by atoms with Gasteiger partial charge in [0.1, 0.15) is 5.82 Å². The molecule has 0 aliphatic rings. The van der Waals surface area contributed by atoms with Crippen LogP contribution in [0.4, 0.5) is 5.82 Å². The van der Waals surface area contributed by atoms with Gasteiger partial charge < -0.3 is 15.2 Å². The summed E-state index contributed by atoms with van der Waals surface area (Å²) in [5.74, 6) is 1.96. The first-order chi connectivity index (χ1) is 13.5. The molecule has 0 bridgehead atoms. The van der Waals surface area contributed by atoms with Gasteiger partial charge in [0.25, 0.3) is 5.91 Å². The number of nitrogens with zero attached hydrogens (tertiary/aromatic N) is 3. The Morgan fingerprint density at radius 2 is 2.07 bits per heavy atom. The van der Waals surface area contributed by atoms with E-state index in [2.05, 4.69) is 25.8 Å². The fourth-order valence-electron chi connectivity index (χ4n) is 2.32. The van der Waals surface area contributed by atoms with Crippen LogP contribution in [-0.4, -0.2) is 34.1 Å². The molecule has 2 heterocycles. The number of anilines is 1. The molecule has 10 heteroatoms. The molecule has 0 fully saturated rings. The highest BCUT2D eigenvalue weighted by Gasteiger charge is 2.12. The Kier molecular flexibility index (Phi) is 7.13. The lowest BCUT2D eigenvalue weighted by atomic mass is 10.2. The van der Waals surface area contributed by atoms with E-state index in [1.165, 1.54) is 18.0 Å². The summed E-state index contributed by atoms with van der Waals surface area (Å²) in [4.78, 5) is 21.7. The van der Waals surface area contributed by atoms with Gasteiger partial charge in [-0.1, -0.05) is 40.5 Å². The van der Waals surface area contributed by atoms with Gasteiger partial charge in [-0.3, -0.25) is 4.79 Å². The zero-order valence-corrected chi connectivity index (χ0v) is 17.2. The van der Waals surface area contributed by atoms with E-state index in [0.717, 1.165) is 4.90 Å². The molecule has 3 rings (SSSR count). The molecule has 3 aromatic rings. The largest absolute Gasteiger partial charge is 0.367 e. The van der Waals surface area contributed by atoms with E-state index in [-0.39, 0.29) is 5.91 Å². The van der Waals surface area contributed by atoms with E-state index < -0.39 is 0 Å². The third-order valence-electron chi connectivity index (χ3n) is 3.56. The number of carbonyl (C=O) groups excluding carboxylic acids is 1. The molecule has 0 saturated carbocycles. The highest BCUT2D eigenvalue weighted by Crippen LogP contribution is 2.26. The van der Waals surface area contributed by atoms with E-state index in [9.17, 15) is 4.79 Å². The summed E-state index contributed by atoms with van der Waals surface area (Å²) in [6.07, 6.45) is 1.51. The van der Waals surface area contributed by atoms with Crippen molar-refractivity contribution < 1.29 is 9.32 Å². The van der Waals surface area contributed by atoms with Gasteiger partial charge in [0.05, 0.1) is 21.4 Å². The first kappa shape index (κ1) is 20.4. The van der Waals surface area contributed by atoms with Crippen LogP contribution in [0.15, 0.2) is 45.9 Å². The van der Waals surface area contributed by atoms with Crippen LogP contribution in [0.25, 0.3) is 0 Å². The molecular weight excluding hydrogens is 421 g/mol. The van der Waals surface area contributed by atoms with Crippen LogP contribution in [0.2, 0.25) is 10.0 Å². The van der Waals surface area contributed by atoms with Crippen molar-refractivity contribution in [3.63, 3.8) is 0 Å². The Bertz CT molecular complexity index is 967. The Balaban J connectivity index is 1.52. The Morgan fingerprint density at radius 3 is 2.82 bits per heavy atom. The van der Waals surface area contributed by atoms with Crippen molar-refractivity contribution in [2.45, 2.75) is 17.6 Å². The van der Waals surface area contributed by atoms with Crippen LogP contribution in [0, 0.1) is 6.92 Å². The van der Waals surface area contributed by atoms with Crippen LogP contribution < -0.4 is 10.6 Å². The molecule has 7 nitrogen and oxygen atoms in total. The van der Waals surface area contributed by atoms with Crippen molar-refractivity contribution in [2.24, 2.45) is 0 Å². The summed E-state index contributed by atoms with van der Waals surface area (Å²) >= 11 is 13.3. The highest BCUT2D eigenvalue weighted by atomic mass is 35.5. The minimum atomic E-state index is -0.165. The van der Waals surface area contributed by atoms with E-state index >= 15 is 0 Å². The predicted octanol–water partition coefficient (Wildman–Crippen LogP) is 4.21. The SMILES string of the molecule is Cc1noc(CSc2ccccc2C(=O)NCCNc2ncc(Cl)cc2Cl)n1. The third kappa shape index (κ3) is 5.60. The quantitative estimate of drug-likeness (QED) is 0.402. The fraction of sp³-hybridized carbons (Fsp3) is 0.222. The second kappa shape index (κ2) is 9.77. The number of rotatable bonds is 8. The number of pyridine rings is 1. The summed E-state index contributed by atoms with van der Waals surface area (Å²) in [6.45, 7) is 2.64. The lowest BCUT2D eigenvalue weighted by Gasteiger charge is -2.11. The second-order valence-corrected chi connectivity index (χ2v) is 7.55. The topological polar surface area (TPSA) is 92.9 Å². The number of carbonyl (C=O) groups is 1. The third-order valence-corrected chi connectivity index (χ3v) is 5.12. The van der Waals surface area contributed by atoms with Crippen molar-refractivity contribution >= 4 is 46.7 Å². The average molecular weight is 438 g/mol. The maximum atomic E-state index is 12.5. The molecule has 0 atom stereocenters. The summed E-state index contributed by atoms with van der Waals surface area (Å²) in [6, 6.07) is 8.98. The van der Waals surface area contributed by atoms with E-state index in [4.69, 9.17) is 27.7 Å². The normalized spacial score (nSPS) is 10.7. The number of nitrogens with one attached hydrogen (secondary N) is 2. The van der Waals surface area contributed by atoms with Gasteiger partial charge in [-0.25, -0.2) is 4.98 Å². The molecule has 0 aliphatic carbocycles. The lowest BCUT2D eigenvalue weighted by Crippen LogP contribution is -2.29. The molecule has 2 aromatic heterocycles. The van der Waals surface area contributed by atoms with Crippen LogP contribution in [-0.2, 0) is 5.75 Å². The van der Waals surface area contributed by atoms with Gasteiger partial charge in [-0.2, -0.15) is 4.98 Å². The zero-order valence-electron chi connectivity index (χ0n) is 14.9. The van der Waals surface area contributed by atoms with Gasteiger partial charge in [0.2, 0.25) is 5.89 Å². The number of aryl methyl sites for hydroxylation is 1. The minimum Gasteiger partial charge on any atom is -0.367 e. The minimum absolute atomic E-state index is 0.165. The predicted molar refractivity (Wildman–Crippen MR) is 110 cm³/mol. The van der Waals surface area contributed by atoms with Gasteiger partial charge >= 0.3 is 0 Å². The number of thioether (sulfide) groups is 1. The first-order valence-electron chi connectivity index (χ1n) is 8.37. The van der Waals surface area contributed by atoms with Crippen molar-refractivity contribution in [1.82, 2.24) is 20.4 Å². The molecule has 0 radical (unpaired) electrons. The molecule has 1 amide bonds. The zero-order chi connectivity index (χ0) is 19.9. The number of amides is 1. The first-order valence-corrected chi connectivity index (χ1v) is 10.1. The smallest absolute Gasteiger partial charge is 0.252 e. The second-order valence-electron chi connectivity index (χ2n) is 5.69. The maximum Gasteiger partial charge on any atom is 0.252 e. The molecule has 146 valence electrons. The standard InChI is InChI=1S/C18H17Cl2N5O2S/c1-11-24-16(27-25-11)10-28-15-5-3-2-4-13(15)18(26)22-7-6-21-17-14(20)8-12(19)9-23-17/h2-5,8-9H,6-7,10H2,1H3,(H,21,23)(H,22,26). The number of halogens is 2. The Hall–Kier alpha value is -2.29. The van der Waals surface area contributed by atoms with Gasteiger partial charge in [-0.15, -0.1) is 11.8 Å². The van der Waals surface area contributed by atoms with Crippen LogP contribution in [0.1, 0.15) is 22.1 Å². The van der Waals surface area contributed by atoms with Gasteiger partial charge in [-0.05, 0) is 25.1 Å². The summed E-state index contributed by atoms with van der Waals surface area (Å²) < 4.78 is 5.11. The maximum absolute atomic E-state index is 12.5. The van der Waals surface area contributed by atoms with Crippen LogP contribution in [0.5, 0.6) is 0 Å². The van der Waals surface area contributed by atoms with Crippen LogP contribution >= 0.6 is 35.0 Å². The average Bonchev–Trinajstić information content (AvgIpc) is 3.10. The molecular formula is C18H17Cl2N5O2S. The lowest BCUT2D eigenvalue weighted by molar-refractivity contribution is 0.0952. The van der Waals surface area contributed by atoms with E-state index in [0.29, 0.717) is 52.0 Å². The highest BCUT2D eigenvalue weighted by molar-refractivity contribution is 7.98. The monoisotopic (exact) mass is 437 g/mol. The van der Waals surface area contributed by atoms with Gasteiger partial charge in [0, 0.05) is 24.2 Å². The van der Waals surface area contributed by atoms with Crippen molar-refractivity contribution in [2.75, 3.05) is 18.4 Å². The number of aromatic nitrogens is 3. The van der Waals surface area contributed by atoms with Crippen LogP contribution in [0.3, 0.4) is 0 Å². The molecule has 1 aromatic carbocycles. The van der Waals surface area contributed by atoms with Gasteiger partial charge in [0.15, 0.2) is 5.82 Å². The Labute approximate surface area is 176 Å². The number of benzene rings is 1. The Morgan fingerprint density at radius 1 is 1.25 bits per heavy atom. The number of hydrogen-bond donors (Lipinski definition) is 2. The van der Waals surface area contributed by atoms with E-state index in [1.807, 2.05) is 18.2 Å². The molecule has 0 saturated heterocycles. The molecule has 2 N–H and O–H groups in total.